The van der Waals surface area contributed by atoms with Crippen molar-refractivity contribution in [2.24, 2.45) is 5.73 Å². The van der Waals surface area contributed by atoms with E-state index in [0.29, 0.717) is 0 Å². The molecule has 0 fully saturated rings. The van der Waals surface area contributed by atoms with Gasteiger partial charge in [0.05, 0.1) is 19.1 Å². The number of amides is 2. The van der Waals surface area contributed by atoms with E-state index in [1.54, 1.807) is 0 Å². The van der Waals surface area contributed by atoms with E-state index < -0.39 is 0 Å². The highest BCUT2D eigenvalue weighted by Crippen LogP contribution is 2.16. The fraction of sp³-hybridized carbons (Fsp3) is 0.333. The fourth-order valence-corrected chi connectivity index (χ4v) is 1.64. The predicted octanol–water partition coefficient (Wildman–Crippen LogP) is 1.12. The molecular formula is C12H17BrClN3O2. The predicted molar refractivity (Wildman–Crippen MR) is 80.0 cm³/mol. The van der Waals surface area contributed by atoms with Crippen molar-refractivity contribution < 1.29 is 9.59 Å². The molecule has 5 nitrogen and oxygen atoms in total. The van der Waals surface area contributed by atoms with Gasteiger partial charge in [-0.1, -0.05) is 28.1 Å². The second kappa shape index (κ2) is 8.90. The van der Waals surface area contributed by atoms with Crippen molar-refractivity contribution >= 4 is 40.2 Å². The van der Waals surface area contributed by atoms with Gasteiger partial charge in [-0.2, -0.15) is 0 Å². The molecule has 1 atom stereocenters. The smallest absolute Gasteiger partial charge is 0.239 e. The van der Waals surface area contributed by atoms with E-state index in [1.807, 2.05) is 31.2 Å². The summed E-state index contributed by atoms with van der Waals surface area (Å²) in [4.78, 5) is 22.4. The number of carbonyl (C=O) groups excluding carboxylic acids is 2. The third-order valence-corrected chi connectivity index (χ3v) is 2.91. The Morgan fingerprint density at radius 2 is 1.84 bits per heavy atom. The molecule has 1 aromatic rings. The molecule has 1 unspecified atom stereocenters. The second-order valence-corrected chi connectivity index (χ2v) is 4.74. The summed E-state index contributed by atoms with van der Waals surface area (Å²) >= 11 is 3.35. The molecule has 0 heterocycles. The molecule has 2 amide bonds. The summed E-state index contributed by atoms with van der Waals surface area (Å²) in [5, 5.41) is 5.20. The van der Waals surface area contributed by atoms with Gasteiger partial charge in [-0.15, -0.1) is 12.4 Å². The maximum Gasteiger partial charge on any atom is 0.239 e. The molecule has 0 aliphatic heterocycles. The SMILES string of the molecule is CC(NC(=O)CNC(=O)CN)c1ccc(Br)cc1.Cl. The summed E-state index contributed by atoms with van der Waals surface area (Å²) in [6, 6.07) is 7.56. The van der Waals surface area contributed by atoms with Crippen LogP contribution in [-0.4, -0.2) is 24.9 Å². The van der Waals surface area contributed by atoms with Gasteiger partial charge in [0.1, 0.15) is 0 Å². The molecule has 0 bridgehead atoms. The van der Waals surface area contributed by atoms with Crippen molar-refractivity contribution in [1.29, 1.82) is 0 Å². The average Bonchev–Trinajstić information content (AvgIpc) is 2.36. The van der Waals surface area contributed by atoms with Crippen LogP contribution in [0.1, 0.15) is 18.5 Å². The molecule has 0 radical (unpaired) electrons. The Hall–Kier alpha value is -1.11. The van der Waals surface area contributed by atoms with Crippen LogP contribution in [0.2, 0.25) is 0 Å². The largest absolute Gasteiger partial charge is 0.348 e. The van der Waals surface area contributed by atoms with E-state index in [0.717, 1.165) is 10.0 Å². The normalized spacial score (nSPS) is 11.1. The first-order valence-corrected chi connectivity index (χ1v) is 6.34. The first-order valence-electron chi connectivity index (χ1n) is 5.54. The molecule has 0 aliphatic rings. The number of nitrogens with one attached hydrogen (secondary N) is 2. The van der Waals surface area contributed by atoms with E-state index in [9.17, 15) is 9.59 Å². The Bertz CT molecular complexity index is 425. The Labute approximate surface area is 126 Å². The van der Waals surface area contributed by atoms with Gasteiger partial charge in [0, 0.05) is 4.47 Å². The summed E-state index contributed by atoms with van der Waals surface area (Å²) in [5.74, 6) is -0.589. The minimum absolute atomic E-state index is 0. The standard InChI is InChI=1S/C12H16BrN3O2.ClH/c1-8(9-2-4-10(13)5-3-9)16-12(18)7-15-11(17)6-14;/h2-5,8H,6-7,14H2,1H3,(H,15,17)(H,16,18);1H. The van der Waals surface area contributed by atoms with Crippen LogP contribution < -0.4 is 16.4 Å². The fourth-order valence-electron chi connectivity index (χ4n) is 1.38. The van der Waals surface area contributed by atoms with Crippen LogP contribution in [0.3, 0.4) is 0 Å². The van der Waals surface area contributed by atoms with Crippen molar-refractivity contribution in [3.05, 3.63) is 34.3 Å². The van der Waals surface area contributed by atoms with Crippen molar-refractivity contribution in [2.45, 2.75) is 13.0 Å². The molecule has 0 aliphatic carbocycles. The number of hydrogen-bond acceptors (Lipinski definition) is 3. The molecule has 1 aromatic carbocycles. The summed E-state index contributed by atoms with van der Waals surface area (Å²) < 4.78 is 0.986. The zero-order valence-corrected chi connectivity index (χ0v) is 12.9. The molecule has 0 spiro atoms. The second-order valence-electron chi connectivity index (χ2n) is 3.82. The Kier molecular flexibility index (Phi) is 8.38. The zero-order chi connectivity index (χ0) is 13.5. The molecule has 1 rings (SSSR count). The Balaban J connectivity index is 0.00000324. The first kappa shape index (κ1) is 17.9. The molecule has 4 N–H and O–H groups in total. The maximum absolute atomic E-state index is 11.5. The number of carbonyl (C=O) groups is 2. The zero-order valence-electron chi connectivity index (χ0n) is 10.5. The lowest BCUT2D eigenvalue weighted by atomic mass is 10.1. The minimum Gasteiger partial charge on any atom is -0.348 e. The summed E-state index contributed by atoms with van der Waals surface area (Å²) in [6.07, 6.45) is 0. The van der Waals surface area contributed by atoms with Crippen LogP contribution >= 0.6 is 28.3 Å². The van der Waals surface area contributed by atoms with Gasteiger partial charge in [0.25, 0.3) is 0 Å². The third-order valence-electron chi connectivity index (χ3n) is 2.38. The van der Waals surface area contributed by atoms with E-state index in [2.05, 4.69) is 26.6 Å². The number of rotatable bonds is 5. The van der Waals surface area contributed by atoms with Crippen molar-refractivity contribution in [3.8, 4) is 0 Å². The van der Waals surface area contributed by atoms with Crippen LogP contribution in [-0.2, 0) is 9.59 Å². The van der Waals surface area contributed by atoms with Gasteiger partial charge in [-0.3, -0.25) is 9.59 Å². The lowest BCUT2D eigenvalue weighted by molar-refractivity contribution is -0.125. The van der Waals surface area contributed by atoms with Gasteiger partial charge >= 0.3 is 0 Å². The summed E-state index contributed by atoms with van der Waals surface area (Å²) in [5.41, 5.74) is 6.11. The molecule has 7 heteroatoms. The molecule has 0 saturated carbocycles. The first-order chi connectivity index (χ1) is 8.52. The van der Waals surface area contributed by atoms with Crippen LogP contribution in [0.25, 0.3) is 0 Å². The van der Waals surface area contributed by atoms with Gasteiger partial charge in [0.15, 0.2) is 0 Å². The highest BCUT2D eigenvalue weighted by Gasteiger charge is 2.09. The monoisotopic (exact) mass is 349 g/mol. The number of hydrogen-bond donors (Lipinski definition) is 3. The summed E-state index contributed by atoms with van der Waals surface area (Å²) in [6.45, 7) is 1.71. The van der Waals surface area contributed by atoms with Gasteiger partial charge < -0.3 is 16.4 Å². The molecule has 106 valence electrons. The number of nitrogens with two attached hydrogens (primary N) is 1. The van der Waals surface area contributed by atoms with Crippen molar-refractivity contribution in [2.75, 3.05) is 13.1 Å². The Morgan fingerprint density at radius 3 is 2.37 bits per heavy atom. The van der Waals surface area contributed by atoms with E-state index in [4.69, 9.17) is 5.73 Å². The quantitative estimate of drug-likeness (QED) is 0.744. The van der Waals surface area contributed by atoms with Gasteiger partial charge in [-0.25, -0.2) is 0 Å². The molecular weight excluding hydrogens is 334 g/mol. The lowest BCUT2D eigenvalue weighted by Gasteiger charge is -2.14. The highest BCUT2D eigenvalue weighted by molar-refractivity contribution is 9.10. The third kappa shape index (κ3) is 6.56. The van der Waals surface area contributed by atoms with Crippen molar-refractivity contribution in [3.63, 3.8) is 0 Å². The molecule has 0 saturated heterocycles. The average molecular weight is 351 g/mol. The van der Waals surface area contributed by atoms with Gasteiger partial charge in [-0.05, 0) is 24.6 Å². The minimum atomic E-state index is -0.346. The van der Waals surface area contributed by atoms with Crippen LogP contribution in [0.5, 0.6) is 0 Å². The Morgan fingerprint density at radius 1 is 1.26 bits per heavy atom. The maximum atomic E-state index is 11.5. The molecule has 19 heavy (non-hydrogen) atoms. The van der Waals surface area contributed by atoms with Crippen molar-refractivity contribution in [1.82, 2.24) is 10.6 Å². The highest BCUT2D eigenvalue weighted by atomic mass is 79.9. The van der Waals surface area contributed by atoms with Crippen LogP contribution in [0, 0.1) is 0 Å². The van der Waals surface area contributed by atoms with E-state index in [1.165, 1.54) is 0 Å². The summed E-state index contributed by atoms with van der Waals surface area (Å²) in [7, 11) is 0. The van der Waals surface area contributed by atoms with E-state index in [-0.39, 0.29) is 43.4 Å². The number of benzene rings is 1. The lowest BCUT2D eigenvalue weighted by Crippen LogP contribution is -2.40. The topological polar surface area (TPSA) is 84.2 Å². The number of halogens is 2. The van der Waals surface area contributed by atoms with E-state index >= 15 is 0 Å². The van der Waals surface area contributed by atoms with Gasteiger partial charge in [0.2, 0.25) is 11.8 Å². The van der Waals surface area contributed by atoms with Crippen LogP contribution in [0.4, 0.5) is 0 Å². The van der Waals surface area contributed by atoms with Crippen LogP contribution in [0.15, 0.2) is 28.7 Å². The molecule has 0 aromatic heterocycles.